The second kappa shape index (κ2) is 7.43. The third-order valence-corrected chi connectivity index (χ3v) is 7.99. The van der Waals surface area contributed by atoms with Gasteiger partial charge in [-0.25, -0.2) is 13.2 Å². The van der Waals surface area contributed by atoms with Gasteiger partial charge in [-0.2, -0.15) is 0 Å². The summed E-state index contributed by atoms with van der Waals surface area (Å²) in [6.07, 6.45) is 2.91. The summed E-state index contributed by atoms with van der Waals surface area (Å²) in [6, 6.07) is 7.59. The van der Waals surface area contributed by atoms with E-state index in [0.717, 1.165) is 37.6 Å². The highest BCUT2D eigenvalue weighted by molar-refractivity contribution is 8.00. The Labute approximate surface area is 172 Å². The standard InChI is InChI=1S/C22H24F3N3S/c1-2-19-26-10-18(29-19)12-4-3-5-16-11(12)6-7-17(28-16)14-9-27-22-13(14)8-15(23)20(24)21(22)25/h3-5,8,14,17-19,26-28H,2,6-7,9-10H2,1H3. The Bertz CT molecular complexity index is 951. The number of thioether (sulfide) groups is 1. The third-order valence-electron chi connectivity index (χ3n) is 6.41. The lowest BCUT2D eigenvalue weighted by atomic mass is 9.84. The predicted octanol–water partition coefficient (Wildman–Crippen LogP) is 5.15. The summed E-state index contributed by atoms with van der Waals surface area (Å²) >= 11 is 1.99. The molecule has 0 amide bonds. The molecule has 154 valence electrons. The van der Waals surface area contributed by atoms with Crippen LogP contribution in [0, 0.1) is 17.5 Å². The quantitative estimate of drug-likeness (QED) is 0.601. The molecule has 3 nitrogen and oxygen atoms in total. The van der Waals surface area contributed by atoms with Crippen molar-refractivity contribution >= 4 is 23.1 Å². The highest BCUT2D eigenvalue weighted by Crippen LogP contribution is 2.44. The van der Waals surface area contributed by atoms with Gasteiger partial charge in [0.25, 0.3) is 0 Å². The van der Waals surface area contributed by atoms with Gasteiger partial charge in [-0.1, -0.05) is 19.1 Å². The Morgan fingerprint density at radius 2 is 1.97 bits per heavy atom. The number of hydrogen-bond donors (Lipinski definition) is 3. The topological polar surface area (TPSA) is 36.1 Å². The van der Waals surface area contributed by atoms with Crippen molar-refractivity contribution in [2.75, 3.05) is 23.7 Å². The zero-order valence-corrected chi connectivity index (χ0v) is 17.0. The Morgan fingerprint density at radius 1 is 1.10 bits per heavy atom. The maximum absolute atomic E-state index is 14.1. The molecule has 0 bridgehead atoms. The fourth-order valence-corrected chi connectivity index (χ4v) is 6.26. The van der Waals surface area contributed by atoms with Gasteiger partial charge in [0.15, 0.2) is 17.5 Å². The minimum atomic E-state index is -1.41. The fourth-order valence-electron chi connectivity index (χ4n) is 4.92. The molecule has 0 saturated carbocycles. The monoisotopic (exact) mass is 419 g/mol. The lowest BCUT2D eigenvalue weighted by molar-refractivity contribution is 0.447. The molecule has 7 heteroatoms. The van der Waals surface area contributed by atoms with E-state index in [1.807, 2.05) is 11.8 Å². The van der Waals surface area contributed by atoms with Crippen LogP contribution in [0.25, 0.3) is 0 Å². The lowest BCUT2D eigenvalue weighted by Gasteiger charge is -2.33. The summed E-state index contributed by atoms with van der Waals surface area (Å²) in [5.41, 5.74) is 4.47. The van der Waals surface area contributed by atoms with Gasteiger partial charge in [-0.3, -0.25) is 0 Å². The van der Waals surface area contributed by atoms with Crippen molar-refractivity contribution in [3.63, 3.8) is 0 Å². The van der Waals surface area contributed by atoms with Crippen molar-refractivity contribution in [2.45, 2.75) is 48.8 Å². The van der Waals surface area contributed by atoms with E-state index in [9.17, 15) is 13.2 Å². The smallest absolute Gasteiger partial charge is 0.196 e. The van der Waals surface area contributed by atoms with Crippen LogP contribution in [0.1, 0.15) is 47.6 Å². The van der Waals surface area contributed by atoms with E-state index in [2.05, 4.69) is 41.1 Å². The molecule has 0 aromatic heterocycles. The zero-order chi connectivity index (χ0) is 20.1. The van der Waals surface area contributed by atoms with Crippen LogP contribution in [0.3, 0.4) is 0 Å². The third kappa shape index (κ3) is 3.19. The Morgan fingerprint density at radius 3 is 2.76 bits per heavy atom. The van der Waals surface area contributed by atoms with Gasteiger partial charge in [0.2, 0.25) is 0 Å². The van der Waals surface area contributed by atoms with Crippen LogP contribution >= 0.6 is 11.8 Å². The molecular formula is C22H24F3N3S. The van der Waals surface area contributed by atoms with Crippen LogP contribution < -0.4 is 16.0 Å². The van der Waals surface area contributed by atoms with Gasteiger partial charge in [-0.15, -0.1) is 11.8 Å². The number of halogens is 3. The molecule has 0 aliphatic carbocycles. The summed E-state index contributed by atoms with van der Waals surface area (Å²) < 4.78 is 41.5. The Balaban J connectivity index is 1.40. The molecule has 0 spiro atoms. The van der Waals surface area contributed by atoms with Crippen molar-refractivity contribution in [3.8, 4) is 0 Å². The van der Waals surface area contributed by atoms with Gasteiger partial charge in [0.05, 0.1) is 11.1 Å². The van der Waals surface area contributed by atoms with E-state index in [0.29, 0.717) is 22.7 Å². The molecule has 2 aromatic carbocycles. The fraction of sp³-hybridized carbons (Fsp3) is 0.455. The van der Waals surface area contributed by atoms with Gasteiger partial charge >= 0.3 is 0 Å². The van der Waals surface area contributed by atoms with Gasteiger partial charge in [-0.05, 0) is 48.1 Å². The van der Waals surface area contributed by atoms with Crippen LogP contribution in [-0.4, -0.2) is 24.5 Å². The Hall–Kier alpha value is -1.86. The van der Waals surface area contributed by atoms with Crippen molar-refractivity contribution < 1.29 is 13.2 Å². The van der Waals surface area contributed by atoms with Crippen molar-refractivity contribution in [3.05, 3.63) is 58.4 Å². The van der Waals surface area contributed by atoms with E-state index < -0.39 is 17.5 Å². The molecule has 5 rings (SSSR count). The van der Waals surface area contributed by atoms with E-state index in [-0.39, 0.29) is 17.6 Å². The summed E-state index contributed by atoms with van der Waals surface area (Å²) in [7, 11) is 0. The van der Waals surface area contributed by atoms with Crippen LogP contribution in [0.2, 0.25) is 0 Å². The molecule has 29 heavy (non-hydrogen) atoms. The average molecular weight is 420 g/mol. The molecule has 3 heterocycles. The molecule has 1 fully saturated rings. The van der Waals surface area contributed by atoms with E-state index in [4.69, 9.17) is 0 Å². The van der Waals surface area contributed by atoms with Gasteiger partial charge in [0, 0.05) is 36.0 Å². The van der Waals surface area contributed by atoms with Crippen LogP contribution in [-0.2, 0) is 6.42 Å². The molecule has 1 saturated heterocycles. The van der Waals surface area contributed by atoms with Crippen LogP contribution in [0.15, 0.2) is 24.3 Å². The van der Waals surface area contributed by atoms with E-state index >= 15 is 0 Å². The number of benzene rings is 2. The van der Waals surface area contributed by atoms with Crippen molar-refractivity contribution in [2.24, 2.45) is 0 Å². The number of fused-ring (bicyclic) bond motifs is 2. The molecular weight excluding hydrogens is 395 g/mol. The first-order valence-corrected chi connectivity index (χ1v) is 11.2. The zero-order valence-electron chi connectivity index (χ0n) is 16.2. The maximum atomic E-state index is 14.1. The molecule has 4 atom stereocenters. The number of nitrogens with one attached hydrogen (secondary N) is 3. The first-order chi connectivity index (χ1) is 14.1. The van der Waals surface area contributed by atoms with Crippen molar-refractivity contribution in [1.29, 1.82) is 0 Å². The first kappa shape index (κ1) is 19.1. The maximum Gasteiger partial charge on any atom is 0.196 e. The normalized spacial score (nSPS) is 27.9. The summed E-state index contributed by atoms with van der Waals surface area (Å²) in [5, 5.41) is 11.1. The van der Waals surface area contributed by atoms with Gasteiger partial charge < -0.3 is 16.0 Å². The molecule has 0 radical (unpaired) electrons. The summed E-state index contributed by atoms with van der Waals surface area (Å²) in [4.78, 5) is 0. The summed E-state index contributed by atoms with van der Waals surface area (Å²) in [6.45, 7) is 3.65. The second-order valence-corrected chi connectivity index (χ2v) is 9.44. The average Bonchev–Trinajstić information content (AvgIpc) is 3.38. The minimum absolute atomic E-state index is 0.0495. The lowest BCUT2D eigenvalue weighted by Crippen LogP contribution is -2.33. The highest BCUT2D eigenvalue weighted by Gasteiger charge is 2.36. The first-order valence-electron chi connectivity index (χ1n) is 10.2. The summed E-state index contributed by atoms with van der Waals surface area (Å²) in [5.74, 6) is -3.74. The molecule has 2 aromatic rings. The number of hydrogen-bond acceptors (Lipinski definition) is 4. The molecule has 3 aliphatic heterocycles. The van der Waals surface area contributed by atoms with Gasteiger partial charge in [0.1, 0.15) is 0 Å². The molecule has 3 aliphatic rings. The Kier molecular flexibility index (Phi) is 4.90. The number of rotatable bonds is 3. The molecule has 4 unspecified atom stereocenters. The van der Waals surface area contributed by atoms with E-state index in [1.54, 1.807) is 0 Å². The number of anilines is 2. The molecule has 3 N–H and O–H groups in total. The minimum Gasteiger partial charge on any atom is -0.382 e. The largest absolute Gasteiger partial charge is 0.382 e. The van der Waals surface area contributed by atoms with Crippen LogP contribution in [0.4, 0.5) is 24.5 Å². The highest BCUT2D eigenvalue weighted by atomic mass is 32.2. The SMILES string of the molecule is CCC1NCC(c2cccc3c2CCC(C2CNc4c2cc(F)c(F)c4F)N3)S1. The van der Waals surface area contributed by atoms with Crippen LogP contribution in [0.5, 0.6) is 0 Å². The van der Waals surface area contributed by atoms with E-state index in [1.165, 1.54) is 11.1 Å². The predicted molar refractivity (Wildman–Crippen MR) is 112 cm³/mol. The second-order valence-electron chi connectivity index (χ2n) is 8.03. The van der Waals surface area contributed by atoms with Crippen molar-refractivity contribution in [1.82, 2.24) is 5.32 Å².